The van der Waals surface area contributed by atoms with Crippen LogP contribution in [0.2, 0.25) is 0 Å². The summed E-state index contributed by atoms with van der Waals surface area (Å²) in [5, 5.41) is 5.16. The number of esters is 1. The first-order valence-electron chi connectivity index (χ1n) is 9.74. The van der Waals surface area contributed by atoms with Gasteiger partial charge >= 0.3 is 5.97 Å². The van der Waals surface area contributed by atoms with Crippen molar-refractivity contribution < 1.29 is 19.1 Å². The third-order valence-corrected chi connectivity index (χ3v) is 5.58. The minimum Gasteiger partial charge on any atom is -0.497 e. The first kappa shape index (κ1) is 20.6. The van der Waals surface area contributed by atoms with Crippen molar-refractivity contribution in [2.45, 2.75) is 13.3 Å². The second-order valence-electron chi connectivity index (χ2n) is 6.73. The molecule has 0 saturated carbocycles. The van der Waals surface area contributed by atoms with Crippen molar-refractivity contribution in [3.05, 3.63) is 71.5 Å². The lowest BCUT2D eigenvalue weighted by molar-refractivity contribution is -0.115. The molecule has 0 atom stereocenters. The van der Waals surface area contributed by atoms with Gasteiger partial charge in [0.25, 0.3) is 0 Å². The van der Waals surface area contributed by atoms with Gasteiger partial charge in [0.2, 0.25) is 5.91 Å². The number of carbonyl (C=O) groups is 2. The summed E-state index contributed by atoms with van der Waals surface area (Å²) >= 11 is 1.29. The second kappa shape index (κ2) is 9.01. The van der Waals surface area contributed by atoms with E-state index in [1.807, 2.05) is 64.6 Å². The third-order valence-electron chi connectivity index (χ3n) is 4.68. The Morgan fingerprint density at radius 1 is 1.16 bits per heavy atom. The number of hydrogen-bond donors (Lipinski definition) is 1. The molecule has 0 aliphatic rings. The Labute approximate surface area is 183 Å². The Hall–Kier alpha value is -3.65. The standard InChI is InChI=1S/C23H21N3O4S/c1-3-30-23(28)21-18(15-7-9-17(29-2)10-8-15)14-31-22(21)25-20(27)12-16-13-26-11-5-4-6-19(26)24-16/h4-11,13-14H,3,12H2,1-2H3,(H,25,27). The van der Waals surface area contributed by atoms with Crippen molar-refractivity contribution in [2.24, 2.45) is 0 Å². The fourth-order valence-corrected chi connectivity index (χ4v) is 4.22. The van der Waals surface area contributed by atoms with E-state index in [4.69, 9.17) is 9.47 Å². The average molecular weight is 436 g/mol. The van der Waals surface area contributed by atoms with Crippen LogP contribution in [0.4, 0.5) is 5.00 Å². The average Bonchev–Trinajstić information content (AvgIpc) is 3.37. The van der Waals surface area contributed by atoms with Crippen molar-refractivity contribution in [3.8, 4) is 16.9 Å². The molecule has 1 N–H and O–H groups in total. The first-order chi connectivity index (χ1) is 15.1. The zero-order valence-corrected chi connectivity index (χ0v) is 17.9. The number of hydrogen-bond acceptors (Lipinski definition) is 6. The van der Waals surface area contributed by atoms with Crippen LogP contribution in [0, 0.1) is 0 Å². The number of nitrogens with zero attached hydrogens (tertiary/aromatic N) is 2. The van der Waals surface area contributed by atoms with Crippen LogP contribution >= 0.6 is 11.3 Å². The van der Waals surface area contributed by atoms with Crippen LogP contribution in [0.25, 0.3) is 16.8 Å². The molecule has 4 rings (SSSR count). The highest BCUT2D eigenvalue weighted by Crippen LogP contribution is 2.37. The van der Waals surface area contributed by atoms with Gasteiger partial charge in [-0.25, -0.2) is 9.78 Å². The van der Waals surface area contributed by atoms with Gasteiger partial charge in [-0.2, -0.15) is 0 Å². The predicted octanol–water partition coefficient (Wildman–Crippen LogP) is 4.43. The molecule has 7 nitrogen and oxygen atoms in total. The van der Waals surface area contributed by atoms with E-state index >= 15 is 0 Å². The highest BCUT2D eigenvalue weighted by molar-refractivity contribution is 7.15. The zero-order valence-electron chi connectivity index (χ0n) is 17.1. The fourth-order valence-electron chi connectivity index (χ4n) is 3.25. The first-order valence-corrected chi connectivity index (χ1v) is 10.6. The highest BCUT2D eigenvalue weighted by Gasteiger charge is 2.23. The number of amides is 1. The van der Waals surface area contributed by atoms with Gasteiger partial charge in [-0.3, -0.25) is 4.79 Å². The monoisotopic (exact) mass is 435 g/mol. The molecule has 31 heavy (non-hydrogen) atoms. The number of imidazole rings is 1. The number of pyridine rings is 1. The number of methoxy groups -OCH3 is 1. The summed E-state index contributed by atoms with van der Waals surface area (Å²) in [5.74, 6) is -0.00710. The van der Waals surface area contributed by atoms with E-state index < -0.39 is 5.97 Å². The van der Waals surface area contributed by atoms with E-state index in [9.17, 15) is 9.59 Å². The number of thiophene rings is 1. The molecule has 3 heterocycles. The largest absolute Gasteiger partial charge is 0.497 e. The van der Waals surface area contributed by atoms with Crippen molar-refractivity contribution in [2.75, 3.05) is 19.0 Å². The van der Waals surface area contributed by atoms with E-state index in [-0.39, 0.29) is 18.9 Å². The summed E-state index contributed by atoms with van der Waals surface area (Å²) in [6.45, 7) is 1.99. The number of benzene rings is 1. The maximum atomic E-state index is 12.7. The molecular weight excluding hydrogens is 414 g/mol. The molecular formula is C23H21N3O4S. The van der Waals surface area contributed by atoms with E-state index in [0.29, 0.717) is 21.8 Å². The summed E-state index contributed by atoms with van der Waals surface area (Å²) in [4.78, 5) is 29.8. The minimum atomic E-state index is -0.474. The number of rotatable bonds is 7. The van der Waals surface area contributed by atoms with Gasteiger partial charge in [-0.05, 0) is 36.8 Å². The molecule has 0 fully saturated rings. The van der Waals surface area contributed by atoms with Crippen molar-refractivity contribution in [1.29, 1.82) is 0 Å². The summed E-state index contributed by atoms with van der Waals surface area (Å²) in [6, 6.07) is 13.0. The molecule has 158 valence electrons. The molecule has 8 heteroatoms. The van der Waals surface area contributed by atoms with Crippen LogP contribution < -0.4 is 10.1 Å². The number of nitrogens with one attached hydrogen (secondary N) is 1. The Balaban J connectivity index is 1.59. The summed E-state index contributed by atoms with van der Waals surface area (Å²) in [6.07, 6.45) is 3.79. The topological polar surface area (TPSA) is 81.9 Å². The Morgan fingerprint density at radius 3 is 2.68 bits per heavy atom. The van der Waals surface area contributed by atoms with E-state index in [2.05, 4.69) is 10.3 Å². The van der Waals surface area contributed by atoms with Gasteiger partial charge in [0.05, 0.1) is 25.8 Å². The molecule has 0 spiro atoms. The molecule has 0 aliphatic carbocycles. The van der Waals surface area contributed by atoms with Crippen LogP contribution in [0.1, 0.15) is 23.0 Å². The van der Waals surface area contributed by atoms with Gasteiger partial charge in [0.15, 0.2) is 0 Å². The lowest BCUT2D eigenvalue weighted by atomic mass is 10.0. The number of aromatic nitrogens is 2. The molecule has 0 unspecified atom stereocenters. The quantitative estimate of drug-likeness (QED) is 0.434. The fraction of sp³-hybridized carbons (Fsp3) is 0.174. The third kappa shape index (κ3) is 4.44. The summed E-state index contributed by atoms with van der Waals surface area (Å²) in [7, 11) is 1.60. The van der Waals surface area contributed by atoms with Gasteiger partial charge in [0.1, 0.15) is 22.0 Å². The number of anilines is 1. The van der Waals surface area contributed by atoms with Gasteiger partial charge in [-0.1, -0.05) is 18.2 Å². The van der Waals surface area contributed by atoms with Crippen molar-refractivity contribution >= 4 is 33.9 Å². The lowest BCUT2D eigenvalue weighted by Crippen LogP contribution is -2.16. The van der Waals surface area contributed by atoms with Crippen LogP contribution in [0.5, 0.6) is 5.75 Å². The van der Waals surface area contributed by atoms with Gasteiger partial charge < -0.3 is 19.2 Å². The SMILES string of the molecule is CCOC(=O)c1c(-c2ccc(OC)cc2)csc1NC(=O)Cc1cn2ccccc2n1. The smallest absolute Gasteiger partial charge is 0.341 e. The normalized spacial score (nSPS) is 10.8. The molecule has 1 aromatic carbocycles. The van der Waals surface area contributed by atoms with E-state index in [0.717, 1.165) is 17.0 Å². The number of fused-ring (bicyclic) bond motifs is 1. The number of carbonyl (C=O) groups excluding carboxylic acids is 2. The van der Waals surface area contributed by atoms with E-state index in [1.165, 1.54) is 11.3 Å². The molecule has 4 aromatic rings. The Bertz CT molecular complexity index is 1190. The maximum absolute atomic E-state index is 12.7. The molecule has 0 saturated heterocycles. The predicted molar refractivity (Wildman–Crippen MR) is 120 cm³/mol. The zero-order chi connectivity index (χ0) is 21.8. The van der Waals surface area contributed by atoms with Crippen LogP contribution in [-0.4, -0.2) is 35.0 Å². The molecule has 1 amide bonds. The Morgan fingerprint density at radius 2 is 1.97 bits per heavy atom. The number of ether oxygens (including phenoxy) is 2. The minimum absolute atomic E-state index is 0.0969. The summed E-state index contributed by atoms with van der Waals surface area (Å²) < 4.78 is 12.3. The highest BCUT2D eigenvalue weighted by atomic mass is 32.1. The Kier molecular flexibility index (Phi) is 5.99. The van der Waals surface area contributed by atoms with Crippen LogP contribution in [-0.2, 0) is 16.0 Å². The van der Waals surface area contributed by atoms with Crippen LogP contribution in [0.15, 0.2) is 60.2 Å². The molecule has 3 aromatic heterocycles. The molecule has 0 aliphatic heterocycles. The molecule has 0 bridgehead atoms. The second-order valence-corrected chi connectivity index (χ2v) is 7.61. The van der Waals surface area contributed by atoms with E-state index in [1.54, 1.807) is 14.0 Å². The van der Waals surface area contributed by atoms with Gasteiger partial charge in [0, 0.05) is 23.3 Å². The maximum Gasteiger partial charge on any atom is 0.341 e. The molecule has 0 radical (unpaired) electrons. The van der Waals surface area contributed by atoms with Crippen molar-refractivity contribution in [1.82, 2.24) is 9.38 Å². The van der Waals surface area contributed by atoms with Crippen molar-refractivity contribution in [3.63, 3.8) is 0 Å². The van der Waals surface area contributed by atoms with Gasteiger partial charge in [-0.15, -0.1) is 11.3 Å². The summed E-state index contributed by atoms with van der Waals surface area (Å²) in [5.41, 5.74) is 3.30. The van der Waals surface area contributed by atoms with Crippen LogP contribution in [0.3, 0.4) is 0 Å². The lowest BCUT2D eigenvalue weighted by Gasteiger charge is -2.09.